The molecule has 1 saturated heterocycles. The van der Waals surface area contributed by atoms with Gasteiger partial charge in [-0.3, -0.25) is 0 Å². The Labute approximate surface area is 146 Å². The zero-order valence-electron chi connectivity index (χ0n) is 14.7. The van der Waals surface area contributed by atoms with Gasteiger partial charge in [0.05, 0.1) is 0 Å². The van der Waals surface area contributed by atoms with Crippen molar-refractivity contribution in [2.45, 2.75) is 44.2 Å². The lowest BCUT2D eigenvalue weighted by Crippen LogP contribution is -2.48. The van der Waals surface area contributed by atoms with Crippen molar-refractivity contribution in [3.8, 4) is 0 Å². The normalized spacial score (nSPS) is 21.6. The largest absolute Gasteiger partial charge is 0.366 e. The summed E-state index contributed by atoms with van der Waals surface area (Å²) in [6, 6.07) is 21.3. The van der Waals surface area contributed by atoms with Crippen molar-refractivity contribution in [3.05, 3.63) is 65.7 Å². The highest BCUT2D eigenvalue weighted by Gasteiger charge is 2.30. The van der Waals surface area contributed by atoms with Crippen LogP contribution in [0.2, 0.25) is 0 Å². The van der Waals surface area contributed by atoms with Crippen LogP contribution in [0.1, 0.15) is 30.4 Å². The number of anilines is 1. The summed E-state index contributed by atoms with van der Waals surface area (Å²) in [4.78, 5) is 5.26. The van der Waals surface area contributed by atoms with E-state index in [1.54, 1.807) is 11.1 Å². The Bertz CT molecular complexity index is 642. The van der Waals surface area contributed by atoms with Crippen molar-refractivity contribution in [1.82, 2.24) is 4.90 Å². The van der Waals surface area contributed by atoms with Crippen LogP contribution in [0.25, 0.3) is 0 Å². The number of likely N-dealkylation sites (N-methyl/N-ethyl adjacent to an activating group) is 1. The molecule has 1 aliphatic carbocycles. The fourth-order valence-electron chi connectivity index (χ4n) is 4.44. The van der Waals surface area contributed by atoms with Gasteiger partial charge in [0.2, 0.25) is 0 Å². The van der Waals surface area contributed by atoms with E-state index in [4.69, 9.17) is 0 Å². The molecular weight excluding hydrogens is 292 g/mol. The molecule has 1 unspecified atom stereocenters. The number of hydrogen-bond donors (Lipinski definition) is 0. The van der Waals surface area contributed by atoms with E-state index in [9.17, 15) is 0 Å². The highest BCUT2D eigenvalue weighted by molar-refractivity contribution is 5.50. The van der Waals surface area contributed by atoms with Gasteiger partial charge >= 0.3 is 0 Å². The smallest absolute Gasteiger partial charge is 0.0371 e. The zero-order valence-corrected chi connectivity index (χ0v) is 14.7. The van der Waals surface area contributed by atoms with Crippen molar-refractivity contribution in [1.29, 1.82) is 0 Å². The molecule has 0 spiro atoms. The van der Waals surface area contributed by atoms with Crippen LogP contribution in [0.5, 0.6) is 0 Å². The van der Waals surface area contributed by atoms with Gasteiger partial charge in [-0.2, -0.15) is 0 Å². The molecule has 0 amide bonds. The Morgan fingerprint density at radius 3 is 2.25 bits per heavy atom. The van der Waals surface area contributed by atoms with Crippen LogP contribution < -0.4 is 4.90 Å². The molecule has 2 nitrogen and oxygen atoms in total. The van der Waals surface area contributed by atoms with Crippen LogP contribution in [0.3, 0.4) is 0 Å². The second-order valence-corrected chi connectivity index (χ2v) is 7.45. The van der Waals surface area contributed by atoms with Crippen LogP contribution in [0.15, 0.2) is 54.6 Å². The van der Waals surface area contributed by atoms with E-state index >= 15 is 0 Å². The quantitative estimate of drug-likeness (QED) is 0.835. The lowest BCUT2D eigenvalue weighted by molar-refractivity contribution is 0.186. The summed E-state index contributed by atoms with van der Waals surface area (Å²) in [5.41, 5.74) is 4.47. The fourth-order valence-corrected chi connectivity index (χ4v) is 4.44. The second kappa shape index (κ2) is 6.98. The molecule has 2 aromatic carbocycles. The van der Waals surface area contributed by atoms with E-state index in [1.165, 1.54) is 44.3 Å². The van der Waals surface area contributed by atoms with Gasteiger partial charge in [0.15, 0.2) is 0 Å². The number of piperidine rings is 1. The molecule has 1 fully saturated rings. The first-order valence-electron chi connectivity index (χ1n) is 9.40. The predicted octanol–water partition coefficient (Wildman–Crippen LogP) is 4.14. The molecule has 0 bridgehead atoms. The van der Waals surface area contributed by atoms with Crippen molar-refractivity contribution in [2.75, 3.05) is 25.0 Å². The van der Waals surface area contributed by atoms with E-state index in [2.05, 4.69) is 71.4 Å². The van der Waals surface area contributed by atoms with Crippen LogP contribution in [0.4, 0.5) is 5.69 Å². The number of benzene rings is 2. The third-order valence-corrected chi connectivity index (χ3v) is 5.89. The topological polar surface area (TPSA) is 6.48 Å². The summed E-state index contributed by atoms with van der Waals surface area (Å²) in [5, 5.41) is 0. The Balaban J connectivity index is 1.57. The predicted molar refractivity (Wildman–Crippen MR) is 102 cm³/mol. The van der Waals surface area contributed by atoms with Crippen LogP contribution in [-0.4, -0.2) is 37.1 Å². The van der Waals surface area contributed by atoms with Crippen LogP contribution in [-0.2, 0) is 12.8 Å². The minimum Gasteiger partial charge on any atom is -0.366 e. The van der Waals surface area contributed by atoms with Gasteiger partial charge in [-0.25, -0.2) is 0 Å². The molecule has 0 saturated carbocycles. The lowest BCUT2D eigenvalue weighted by atomic mass is 10.0. The SMILES string of the molecule is CN1CCCCC1CN(c1ccccc1)C1Cc2ccccc2C1. The highest BCUT2D eigenvalue weighted by atomic mass is 15.2. The summed E-state index contributed by atoms with van der Waals surface area (Å²) in [5.74, 6) is 0. The molecule has 2 aliphatic rings. The Kier molecular flexibility index (Phi) is 4.57. The maximum atomic E-state index is 2.69. The standard InChI is InChI=1S/C22H28N2/c1-23-14-8-7-13-21(23)17-24(20-11-3-2-4-12-20)22-15-18-9-5-6-10-19(18)16-22/h2-6,9-12,21-22H,7-8,13-17H2,1H3. The molecule has 1 heterocycles. The van der Waals surface area contributed by atoms with Crippen LogP contribution in [0, 0.1) is 0 Å². The zero-order chi connectivity index (χ0) is 16.4. The number of likely N-dealkylation sites (tertiary alicyclic amines) is 1. The molecular formula is C22H28N2. The van der Waals surface area contributed by atoms with Crippen molar-refractivity contribution < 1.29 is 0 Å². The van der Waals surface area contributed by atoms with Crippen LogP contribution >= 0.6 is 0 Å². The molecule has 24 heavy (non-hydrogen) atoms. The molecule has 1 atom stereocenters. The maximum absolute atomic E-state index is 2.69. The number of nitrogens with zero attached hydrogens (tertiary/aromatic N) is 2. The van der Waals surface area contributed by atoms with E-state index in [1.807, 2.05) is 0 Å². The van der Waals surface area contributed by atoms with E-state index < -0.39 is 0 Å². The average molecular weight is 320 g/mol. The van der Waals surface area contributed by atoms with Gasteiger partial charge in [0, 0.05) is 24.3 Å². The van der Waals surface area contributed by atoms with Crippen molar-refractivity contribution in [3.63, 3.8) is 0 Å². The summed E-state index contributed by atoms with van der Waals surface area (Å²) in [7, 11) is 2.30. The van der Waals surface area contributed by atoms with Gasteiger partial charge in [0.25, 0.3) is 0 Å². The Morgan fingerprint density at radius 2 is 1.58 bits per heavy atom. The molecule has 0 aromatic heterocycles. The fraction of sp³-hybridized carbons (Fsp3) is 0.455. The number of fused-ring (bicyclic) bond motifs is 1. The molecule has 0 N–H and O–H groups in total. The summed E-state index contributed by atoms with van der Waals surface area (Å²) >= 11 is 0. The average Bonchev–Trinajstić information content (AvgIpc) is 3.05. The molecule has 2 heteroatoms. The summed E-state index contributed by atoms with van der Waals surface area (Å²) < 4.78 is 0. The third-order valence-electron chi connectivity index (χ3n) is 5.89. The maximum Gasteiger partial charge on any atom is 0.0371 e. The first-order valence-corrected chi connectivity index (χ1v) is 9.40. The molecule has 4 rings (SSSR count). The van der Waals surface area contributed by atoms with Gasteiger partial charge in [-0.15, -0.1) is 0 Å². The third kappa shape index (κ3) is 3.21. The minimum atomic E-state index is 0.597. The number of para-hydroxylation sites is 1. The number of rotatable bonds is 4. The van der Waals surface area contributed by atoms with Crippen molar-refractivity contribution in [2.24, 2.45) is 0 Å². The molecule has 2 aromatic rings. The summed E-state index contributed by atoms with van der Waals surface area (Å²) in [6.45, 7) is 2.40. The Morgan fingerprint density at radius 1 is 0.917 bits per heavy atom. The minimum absolute atomic E-state index is 0.597. The van der Waals surface area contributed by atoms with E-state index in [0.717, 1.165) is 6.54 Å². The summed E-state index contributed by atoms with van der Waals surface area (Å²) in [6.07, 6.45) is 6.43. The second-order valence-electron chi connectivity index (χ2n) is 7.45. The van der Waals surface area contributed by atoms with Gasteiger partial charge in [-0.05, 0) is 62.5 Å². The van der Waals surface area contributed by atoms with Gasteiger partial charge in [0.1, 0.15) is 0 Å². The Hall–Kier alpha value is -1.80. The van der Waals surface area contributed by atoms with Gasteiger partial charge in [-0.1, -0.05) is 48.9 Å². The molecule has 1 aliphatic heterocycles. The first-order chi connectivity index (χ1) is 11.8. The molecule has 0 radical (unpaired) electrons. The number of hydrogen-bond acceptors (Lipinski definition) is 2. The highest BCUT2D eigenvalue weighted by Crippen LogP contribution is 2.30. The monoisotopic (exact) mass is 320 g/mol. The van der Waals surface area contributed by atoms with Crippen molar-refractivity contribution >= 4 is 5.69 Å². The lowest BCUT2D eigenvalue weighted by Gasteiger charge is -2.40. The van der Waals surface area contributed by atoms with E-state index in [0.29, 0.717) is 12.1 Å². The first kappa shape index (κ1) is 15.7. The van der Waals surface area contributed by atoms with Gasteiger partial charge < -0.3 is 9.80 Å². The molecule has 126 valence electrons. The van der Waals surface area contributed by atoms with E-state index in [-0.39, 0.29) is 0 Å².